The van der Waals surface area contributed by atoms with E-state index < -0.39 is 0 Å². The van der Waals surface area contributed by atoms with Crippen molar-refractivity contribution in [1.29, 1.82) is 0 Å². The molecule has 1 atom stereocenters. The molecule has 2 aromatic carbocycles. The molecule has 1 N–H and O–H groups in total. The maximum Gasteiger partial charge on any atom is 0.337 e. The molecule has 1 aliphatic rings. The molecule has 0 spiro atoms. The number of aromatic nitrogens is 1. The van der Waals surface area contributed by atoms with Gasteiger partial charge in [0.15, 0.2) is 0 Å². The number of halogens is 2. The number of esters is 1. The van der Waals surface area contributed by atoms with E-state index in [1.807, 2.05) is 48.2 Å². The molecule has 200 valence electrons. The van der Waals surface area contributed by atoms with E-state index >= 15 is 0 Å². The van der Waals surface area contributed by atoms with Crippen LogP contribution in [0.15, 0.2) is 60.9 Å². The van der Waals surface area contributed by atoms with Gasteiger partial charge in [-0.25, -0.2) is 9.59 Å². The molecule has 0 radical (unpaired) electrons. The molecule has 0 aliphatic carbocycles. The Labute approximate surface area is 233 Å². The summed E-state index contributed by atoms with van der Waals surface area (Å²) >= 11 is 13.3. The van der Waals surface area contributed by atoms with Gasteiger partial charge in [0, 0.05) is 36.1 Å². The molecule has 38 heavy (non-hydrogen) atoms. The van der Waals surface area contributed by atoms with Crippen LogP contribution in [0.4, 0.5) is 4.79 Å². The van der Waals surface area contributed by atoms with Crippen LogP contribution < -0.4 is 5.32 Å². The van der Waals surface area contributed by atoms with Crippen LogP contribution in [0.3, 0.4) is 0 Å². The van der Waals surface area contributed by atoms with Gasteiger partial charge in [-0.15, -0.1) is 0 Å². The number of carbonyl (C=O) groups is 2. The summed E-state index contributed by atoms with van der Waals surface area (Å²) in [6.45, 7) is 4.16. The molecule has 1 aromatic heterocycles. The fourth-order valence-electron chi connectivity index (χ4n) is 4.72. The Morgan fingerprint density at radius 2 is 1.82 bits per heavy atom. The zero-order chi connectivity index (χ0) is 27.2. The van der Waals surface area contributed by atoms with Crippen LogP contribution >= 0.6 is 23.2 Å². The summed E-state index contributed by atoms with van der Waals surface area (Å²) in [7, 11) is 3.45. The monoisotopic (exact) mass is 554 g/mol. The van der Waals surface area contributed by atoms with Crippen LogP contribution in [0.25, 0.3) is 11.1 Å². The number of benzene rings is 2. The van der Waals surface area contributed by atoms with Crippen LogP contribution in [0.1, 0.15) is 47.3 Å². The van der Waals surface area contributed by atoms with Gasteiger partial charge in [0.2, 0.25) is 0 Å². The second-order valence-electron chi connectivity index (χ2n) is 9.59. The molecule has 4 rings (SSSR count). The number of nitrogens with one attached hydrogen (secondary N) is 1. The van der Waals surface area contributed by atoms with Crippen molar-refractivity contribution < 1.29 is 14.3 Å². The number of hydrogen-bond donors (Lipinski definition) is 1. The number of amides is 2. The van der Waals surface area contributed by atoms with Crippen molar-refractivity contribution in [2.75, 3.05) is 27.2 Å². The van der Waals surface area contributed by atoms with Crippen LogP contribution in [-0.2, 0) is 11.3 Å². The molecule has 1 aliphatic heterocycles. The highest BCUT2D eigenvalue weighted by Gasteiger charge is 2.29. The number of carbonyl (C=O) groups excluding carboxylic acids is 2. The van der Waals surface area contributed by atoms with Gasteiger partial charge < -0.3 is 19.9 Å². The number of methoxy groups -OCH3 is 1. The van der Waals surface area contributed by atoms with Crippen molar-refractivity contribution in [1.82, 2.24) is 20.1 Å². The summed E-state index contributed by atoms with van der Waals surface area (Å²) in [4.78, 5) is 33.8. The van der Waals surface area contributed by atoms with Crippen LogP contribution in [0.2, 0.25) is 10.0 Å². The van der Waals surface area contributed by atoms with Gasteiger partial charge in [-0.05, 0) is 69.2 Å². The third-order valence-electron chi connectivity index (χ3n) is 7.01. The normalized spacial score (nSPS) is 15.1. The van der Waals surface area contributed by atoms with Gasteiger partial charge in [-0.2, -0.15) is 0 Å². The van der Waals surface area contributed by atoms with E-state index in [9.17, 15) is 9.59 Å². The Bertz CT molecular complexity index is 1260. The Kier molecular flexibility index (Phi) is 9.26. The minimum absolute atomic E-state index is 0.0886. The number of nitrogens with zero attached hydrogens (tertiary/aromatic N) is 3. The molecule has 2 amide bonds. The minimum Gasteiger partial charge on any atom is -0.465 e. The largest absolute Gasteiger partial charge is 0.465 e. The summed E-state index contributed by atoms with van der Waals surface area (Å²) in [5.74, 6) is -0.389. The van der Waals surface area contributed by atoms with Crippen molar-refractivity contribution >= 4 is 35.2 Å². The third kappa shape index (κ3) is 6.46. The fraction of sp³-hybridized carbons (Fsp3) is 0.345. The zero-order valence-corrected chi connectivity index (χ0v) is 23.3. The molecule has 1 saturated heterocycles. The standard InChI is InChI=1S/C29H32Cl2N4O3/c1-19(24-10-11-25(27(31)26(24)30)22-5-4-14-32-17-22)33-29(37)35(23-12-15-34(2)16-13-23)18-20-6-8-21(9-7-20)28(36)38-3/h4-11,14,17,19,23H,12-13,15-16,18H2,1-3H3,(H,33,37). The highest BCUT2D eigenvalue weighted by Crippen LogP contribution is 2.38. The van der Waals surface area contributed by atoms with Crippen molar-refractivity contribution in [2.45, 2.75) is 38.4 Å². The van der Waals surface area contributed by atoms with Crippen LogP contribution in [0, 0.1) is 0 Å². The lowest BCUT2D eigenvalue weighted by Crippen LogP contribution is -2.50. The summed E-state index contributed by atoms with van der Waals surface area (Å²) < 4.78 is 4.80. The van der Waals surface area contributed by atoms with Crippen molar-refractivity contribution in [3.05, 3.63) is 87.7 Å². The molecule has 1 fully saturated rings. The third-order valence-corrected chi connectivity index (χ3v) is 7.91. The minimum atomic E-state index is -0.389. The summed E-state index contributed by atoms with van der Waals surface area (Å²) in [6, 6.07) is 14.3. The smallest absolute Gasteiger partial charge is 0.337 e. The Morgan fingerprint density at radius 1 is 1.11 bits per heavy atom. The molecule has 2 heterocycles. The van der Waals surface area contributed by atoms with Crippen LogP contribution in [0.5, 0.6) is 0 Å². The number of hydrogen-bond acceptors (Lipinski definition) is 5. The lowest BCUT2D eigenvalue weighted by Gasteiger charge is -2.38. The van der Waals surface area contributed by atoms with E-state index in [2.05, 4.69) is 22.2 Å². The van der Waals surface area contributed by atoms with Gasteiger partial charge >= 0.3 is 12.0 Å². The van der Waals surface area contributed by atoms with Crippen LogP contribution in [-0.4, -0.2) is 60.1 Å². The van der Waals surface area contributed by atoms with E-state index in [0.29, 0.717) is 22.2 Å². The number of ether oxygens (including phenoxy) is 1. The first kappa shape index (κ1) is 27.9. The van der Waals surface area contributed by atoms with Crippen molar-refractivity contribution in [3.8, 4) is 11.1 Å². The average Bonchev–Trinajstić information content (AvgIpc) is 2.94. The number of rotatable bonds is 7. The maximum absolute atomic E-state index is 13.7. The van der Waals surface area contributed by atoms with E-state index in [0.717, 1.165) is 48.2 Å². The topological polar surface area (TPSA) is 74.8 Å². The lowest BCUT2D eigenvalue weighted by molar-refractivity contribution is 0.0600. The van der Waals surface area contributed by atoms with Crippen molar-refractivity contribution in [3.63, 3.8) is 0 Å². The highest BCUT2D eigenvalue weighted by atomic mass is 35.5. The van der Waals surface area contributed by atoms with E-state index in [-0.39, 0.29) is 24.1 Å². The maximum atomic E-state index is 13.7. The summed E-state index contributed by atoms with van der Waals surface area (Å²) in [6.07, 6.45) is 5.20. The van der Waals surface area contributed by atoms with Gasteiger partial charge in [0.25, 0.3) is 0 Å². The van der Waals surface area contributed by atoms with Gasteiger partial charge in [0.1, 0.15) is 0 Å². The summed E-state index contributed by atoms with van der Waals surface area (Å²) in [5, 5.41) is 3.97. The fourth-order valence-corrected chi connectivity index (χ4v) is 5.33. The van der Waals surface area contributed by atoms with Gasteiger partial charge in [-0.3, -0.25) is 4.98 Å². The Balaban J connectivity index is 1.53. The predicted molar refractivity (Wildman–Crippen MR) is 150 cm³/mol. The molecule has 9 heteroatoms. The number of piperidine rings is 1. The first-order valence-electron chi connectivity index (χ1n) is 12.6. The Morgan fingerprint density at radius 3 is 2.45 bits per heavy atom. The SMILES string of the molecule is COC(=O)c1ccc(CN(C(=O)NC(C)c2ccc(-c3cccnc3)c(Cl)c2Cl)C2CCN(C)CC2)cc1. The molecule has 0 bridgehead atoms. The molecule has 3 aromatic rings. The van der Waals surface area contributed by atoms with Crippen molar-refractivity contribution in [2.24, 2.45) is 0 Å². The molecular weight excluding hydrogens is 523 g/mol. The number of pyridine rings is 1. The van der Waals surface area contributed by atoms with E-state index in [1.165, 1.54) is 7.11 Å². The second-order valence-corrected chi connectivity index (χ2v) is 10.3. The zero-order valence-electron chi connectivity index (χ0n) is 21.8. The predicted octanol–water partition coefficient (Wildman–Crippen LogP) is 6.21. The number of likely N-dealkylation sites (tertiary alicyclic amines) is 1. The molecule has 1 unspecified atom stereocenters. The first-order chi connectivity index (χ1) is 18.3. The number of urea groups is 1. The lowest BCUT2D eigenvalue weighted by atomic mass is 10.0. The van der Waals surface area contributed by atoms with E-state index in [4.69, 9.17) is 27.9 Å². The molecule has 7 nitrogen and oxygen atoms in total. The average molecular weight is 556 g/mol. The molecule has 0 saturated carbocycles. The quantitative estimate of drug-likeness (QED) is 0.351. The molecular formula is C29H32Cl2N4O3. The van der Waals surface area contributed by atoms with Gasteiger partial charge in [0.05, 0.1) is 28.8 Å². The Hall–Kier alpha value is -3.13. The van der Waals surface area contributed by atoms with E-state index in [1.54, 1.807) is 24.5 Å². The van der Waals surface area contributed by atoms with Gasteiger partial charge in [-0.1, -0.05) is 53.5 Å². The first-order valence-corrected chi connectivity index (χ1v) is 13.3. The highest BCUT2D eigenvalue weighted by molar-refractivity contribution is 6.44. The summed E-state index contributed by atoms with van der Waals surface area (Å²) in [5.41, 5.74) is 3.80. The second kappa shape index (κ2) is 12.6.